The average molecular weight is 303 g/mol. The molecule has 1 heterocycles. The number of benzene rings is 1. The average Bonchev–Trinajstić information content (AvgIpc) is 2.95. The molecule has 4 heteroatoms. The zero-order chi connectivity index (χ0) is 15.2. The number of carbonyl (C=O) groups is 1. The number of aliphatic hydroxyl groups is 1. The molecule has 2 aromatic rings. The van der Waals surface area contributed by atoms with E-state index in [9.17, 15) is 9.90 Å². The van der Waals surface area contributed by atoms with Crippen molar-refractivity contribution in [2.75, 3.05) is 6.54 Å². The minimum Gasteiger partial charge on any atom is -0.391 e. The highest BCUT2D eigenvalue weighted by atomic mass is 32.1. The molecule has 1 unspecified atom stereocenters. The molecule has 0 fully saturated rings. The van der Waals surface area contributed by atoms with Crippen LogP contribution in [0.4, 0.5) is 0 Å². The molecule has 0 aliphatic heterocycles. The van der Waals surface area contributed by atoms with Gasteiger partial charge in [-0.15, -0.1) is 11.3 Å². The molecule has 2 N–H and O–H groups in total. The monoisotopic (exact) mass is 303 g/mol. The van der Waals surface area contributed by atoms with E-state index in [1.54, 1.807) is 0 Å². The summed E-state index contributed by atoms with van der Waals surface area (Å²) in [6.45, 7) is 4.36. The molecule has 2 rings (SSSR count). The van der Waals surface area contributed by atoms with Crippen LogP contribution in [0, 0.1) is 6.92 Å². The van der Waals surface area contributed by atoms with E-state index in [1.807, 2.05) is 49.6 Å². The van der Waals surface area contributed by atoms with Crippen LogP contribution in [-0.2, 0) is 0 Å². The Morgan fingerprint density at radius 3 is 2.67 bits per heavy atom. The van der Waals surface area contributed by atoms with Crippen molar-refractivity contribution in [2.45, 2.75) is 32.8 Å². The summed E-state index contributed by atoms with van der Waals surface area (Å²) in [5.41, 5.74) is 3.19. The summed E-state index contributed by atoms with van der Waals surface area (Å²) in [5.74, 6) is -0.115. The molecule has 0 radical (unpaired) electrons. The minimum atomic E-state index is -0.471. The van der Waals surface area contributed by atoms with Gasteiger partial charge < -0.3 is 10.4 Å². The zero-order valence-electron chi connectivity index (χ0n) is 12.4. The van der Waals surface area contributed by atoms with Gasteiger partial charge in [0.05, 0.1) is 11.0 Å². The summed E-state index contributed by atoms with van der Waals surface area (Å²) >= 11 is 1.43. The molecule has 0 bridgehead atoms. The van der Waals surface area contributed by atoms with Gasteiger partial charge in [-0.3, -0.25) is 4.79 Å². The highest BCUT2D eigenvalue weighted by Gasteiger charge is 2.15. The van der Waals surface area contributed by atoms with Gasteiger partial charge in [-0.1, -0.05) is 43.2 Å². The molecular weight excluding hydrogens is 282 g/mol. The van der Waals surface area contributed by atoms with Gasteiger partial charge in [-0.2, -0.15) is 0 Å². The third-order valence-electron chi connectivity index (χ3n) is 3.35. The Hall–Kier alpha value is -1.65. The second kappa shape index (κ2) is 7.38. The van der Waals surface area contributed by atoms with Gasteiger partial charge in [-0.25, -0.2) is 0 Å². The first kappa shape index (κ1) is 15.7. The molecule has 1 aromatic heterocycles. The van der Waals surface area contributed by atoms with Crippen LogP contribution in [0.25, 0.3) is 11.1 Å². The van der Waals surface area contributed by atoms with Crippen molar-refractivity contribution in [3.63, 3.8) is 0 Å². The van der Waals surface area contributed by atoms with Crippen LogP contribution in [0.5, 0.6) is 0 Å². The van der Waals surface area contributed by atoms with Gasteiger partial charge in [0.15, 0.2) is 0 Å². The highest BCUT2D eigenvalue weighted by molar-refractivity contribution is 7.12. The summed E-state index contributed by atoms with van der Waals surface area (Å²) in [6.07, 6.45) is 1.14. The molecule has 0 aliphatic carbocycles. The van der Waals surface area contributed by atoms with E-state index in [4.69, 9.17) is 0 Å². The van der Waals surface area contributed by atoms with E-state index < -0.39 is 6.10 Å². The number of hydrogen-bond acceptors (Lipinski definition) is 3. The van der Waals surface area contributed by atoms with Crippen LogP contribution >= 0.6 is 11.3 Å². The predicted octanol–water partition coefficient (Wildman–Crippen LogP) is 3.61. The van der Waals surface area contributed by atoms with Gasteiger partial charge in [-0.05, 0) is 30.4 Å². The molecule has 0 spiro atoms. The standard InChI is InChI=1S/C17H21NO2S/c1-3-4-14(19)11-18-17(20)16-15(9-10-21-16)13-7-5-12(2)6-8-13/h5-10,14,19H,3-4,11H2,1-2H3,(H,18,20). The third-order valence-corrected chi connectivity index (χ3v) is 4.27. The Morgan fingerprint density at radius 1 is 1.29 bits per heavy atom. The van der Waals surface area contributed by atoms with Crippen molar-refractivity contribution in [1.29, 1.82) is 0 Å². The lowest BCUT2D eigenvalue weighted by Gasteiger charge is -2.11. The fourth-order valence-corrected chi connectivity index (χ4v) is 3.00. The summed E-state index contributed by atoms with van der Waals surface area (Å²) in [5, 5.41) is 14.4. The Labute approximate surface area is 129 Å². The smallest absolute Gasteiger partial charge is 0.262 e. The highest BCUT2D eigenvalue weighted by Crippen LogP contribution is 2.28. The maximum Gasteiger partial charge on any atom is 0.262 e. The molecule has 0 saturated heterocycles. The number of rotatable bonds is 6. The Morgan fingerprint density at radius 2 is 2.00 bits per heavy atom. The van der Waals surface area contributed by atoms with Gasteiger partial charge in [0.1, 0.15) is 0 Å². The van der Waals surface area contributed by atoms with E-state index in [-0.39, 0.29) is 5.91 Å². The molecule has 1 amide bonds. The second-order valence-corrected chi connectivity index (χ2v) is 6.10. The quantitative estimate of drug-likeness (QED) is 0.856. The summed E-state index contributed by atoms with van der Waals surface area (Å²) in [6, 6.07) is 10.1. The van der Waals surface area contributed by atoms with E-state index in [0.29, 0.717) is 17.8 Å². The lowest BCUT2D eigenvalue weighted by Crippen LogP contribution is -2.31. The lowest BCUT2D eigenvalue weighted by molar-refractivity contribution is 0.0914. The minimum absolute atomic E-state index is 0.115. The maximum atomic E-state index is 12.3. The normalized spacial score (nSPS) is 12.1. The van der Waals surface area contributed by atoms with Gasteiger partial charge >= 0.3 is 0 Å². The van der Waals surface area contributed by atoms with Gasteiger partial charge in [0.25, 0.3) is 5.91 Å². The summed E-state index contributed by atoms with van der Waals surface area (Å²) in [4.78, 5) is 13.0. The number of amides is 1. The molecule has 1 aromatic carbocycles. The third kappa shape index (κ3) is 4.16. The Kier molecular flexibility index (Phi) is 5.53. The largest absolute Gasteiger partial charge is 0.391 e. The van der Waals surface area contributed by atoms with Crippen LogP contribution in [0.2, 0.25) is 0 Å². The van der Waals surface area contributed by atoms with Gasteiger partial charge in [0.2, 0.25) is 0 Å². The molecule has 21 heavy (non-hydrogen) atoms. The molecule has 0 aliphatic rings. The van der Waals surface area contributed by atoms with Crippen molar-refractivity contribution >= 4 is 17.2 Å². The van der Waals surface area contributed by atoms with Crippen molar-refractivity contribution < 1.29 is 9.90 Å². The fraction of sp³-hybridized carbons (Fsp3) is 0.353. The van der Waals surface area contributed by atoms with Crippen LogP contribution in [0.3, 0.4) is 0 Å². The summed E-state index contributed by atoms with van der Waals surface area (Å²) < 4.78 is 0. The summed E-state index contributed by atoms with van der Waals surface area (Å²) in [7, 11) is 0. The SMILES string of the molecule is CCCC(O)CNC(=O)c1sccc1-c1ccc(C)cc1. The van der Waals surface area contributed by atoms with E-state index >= 15 is 0 Å². The van der Waals surface area contributed by atoms with Crippen LogP contribution < -0.4 is 5.32 Å². The van der Waals surface area contributed by atoms with Crippen LogP contribution in [0.15, 0.2) is 35.7 Å². The first-order chi connectivity index (χ1) is 10.1. The zero-order valence-corrected chi connectivity index (χ0v) is 13.2. The Balaban J connectivity index is 2.09. The second-order valence-electron chi connectivity index (χ2n) is 5.18. The van der Waals surface area contributed by atoms with Crippen molar-refractivity contribution in [3.05, 3.63) is 46.2 Å². The first-order valence-electron chi connectivity index (χ1n) is 7.22. The number of thiophene rings is 1. The molecule has 112 valence electrons. The molecule has 0 saturated carbocycles. The van der Waals surface area contributed by atoms with E-state index in [2.05, 4.69) is 5.32 Å². The van der Waals surface area contributed by atoms with Crippen molar-refractivity contribution in [2.24, 2.45) is 0 Å². The molecule has 3 nitrogen and oxygen atoms in total. The first-order valence-corrected chi connectivity index (χ1v) is 8.10. The van der Waals surface area contributed by atoms with E-state index in [1.165, 1.54) is 16.9 Å². The fourth-order valence-electron chi connectivity index (χ4n) is 2.17. The number of carbonyl (C=O) groups excluding carboxylic acids is 1. The maximum absolute atomic E-state index is 12.3. The number of hydrogen-bond donors (Lipinski definition) is 2. The number of aliphatic hydroxyl groups excluding tert-OH is 1. The van der Waals surface area contributed by atoms with Crippen LogP contribution in [-0.4, -0.2) is 23.7 Å². The number of aryl methyl sites for hydroxylation is 1. The van der Waals surface area contributed by atoms with Crippen molar-refractivity contribution in [3.8, 4) is 11.1 Å². The lowest BCUT2D eigenvalue weighted by atomic mass is 10.0. The van der Waals surface area contributed by atoms with Crippen molar-refractivity contribution in [1.82, 2.24) is 5.32 Å². The predicted molar refractivity (Wildman–Crippen MR) is 87.7 cm³/mol. The van der Waals surface area contributed by atoms with Gasteiger partial charge in [0, 0.05) is 12.1 Å². The Bertz CT molecular complexity index is 589. The van der Waals surface area contributed by atoms with Crippen LogP contribution in [0.1, 0.15) is 35.0 Å². The van der Waals surface area contributed by atoms with E-state index in [0.717, 1.165) is 17.5 Å². The topological polar surface area (TPSA) is 49.3 Å². The number of nitrogens with one attached hydrogen (secondary N) is 1. The molecule has 1 atom stereocenters. The molecular formula is C17H21NO2S.